The number of hydrogen-bond acceptors (Lipinski definition) is 4. The van der Waals surface area contributed by atoms with E-state index in [1.165, 1.54) is 11.8 Å². The molecule has 0 bridgehead atoms. The van der Waals surface area contributed by atoms with Crippen LogP contribution in [0, 0.1) is 3.57 Å². The Labute approximate surface area is 134 Å². The maximum absolute atomic E-state index is 10.7. The van der Waals surface area contributed by atoms with E-state index in [-0.39, 0.29) is 5.75 Å². The first kappa shape index (κ1) is 15.3. The summed E-state index contributed by atoms with van der Waals surface area (Å²) >= 11 is 3.44. The molecule has 0 fully saturated rings. The number of carboxylic acids is 1. The van der Waals surface area contributed by atoms with Crippen LogP contribution in [0.15, 0.2) is 29.4 Å². The third-order valence-electron chi connectivity index (χ3n) is 2.58. The molecule has 7 heteroatoms. The number of aliphatic carboxylic acids is 1. The number of benzene rings is 1. The van der Waals surface area contributed by atoms with Gasteiger partial charge in [-0.15, -0.1) is 10.2 Å². The number of aromatic nitrogens is 3. The first-order chi connectivity index (χ1) is 9.61. The van der Waals surface area contributed by atoms with Crippen molar-refractivity contribution in [2.75, 3.05) is 5.75 Å². The van der Waals surface area contributed by atoms with Gasteiger partial charge in [0.15, 0.2) is 5.16 Å². The average Bonchev–Trinajstić information content (AvgIpc) is 2.81. The minimum atomic E-state index is -0.857. The van der Waals surface area contributed by atoms with E-state index in [2.05, 4.69) is 39.7 Å². The molecule has 0 saturated carbocycles. The van der Waals surface area contributed by atoms with Crippen molar-refractivity contribution < 1.29 is 9.90 Å². The van der Waals surface area contributed by atoms with Gasteiger partial charge in [0.25, 0.3) is 0 Å². The SMILES string of the molecule is CCCc1nnc(SCC(=O)O)n1-c1ccc(I)cc1. The highest BCUT2D eigenvalue weighted by molar-refractivity contribution is 14.1. The molecule has 0 amide bonds. The number of carboxylic acid groups (broad SMARTS) is 1. The molecule has 2 rings (SSSR count). The van der Waals surface area contributed by atoms with Crippen LogP contribution in [0.1, 0.15) is 19.2 Å². The highest BCUT2D eigenvalue weighted by Crippen LogP contribution is 2.23. The molecule has 5 nitrogen and oxygen atoms in total. The Morgan fingerprint density at radius 1 is 1.35 bits per heavy atom. The Bertz CT molecular complexity index is 598. The van der Waals surface area contributed by atoms with Crippen LogP contribution in [-0.4, -0.2) is 31.6 Å². The van der Waals surface area contributed by atoms with Crippen LogP contribution in [0.25, 0.3) is 5.69 Å². The van der Waals surface area contributed by atoms with E-state index >= 15 is 0 Å². The highest BCUT2D eigenvalue weighted by Gasteiger charge is 2.14. The van der Waals surface area contributed by atoms with Crippen molar-refractivity contribution in [3.63, 3.8) is 0 Å². The van der Waals surface area contributed by atoms with Crippen LogP contribution >= 0.6 is 34.4 Å². The van der Waals surface area contributed by atoms with Gasteiger partial charge in [-0.05, 0) is 53.3 Å². The lowest BCUT2D eigenvalue weighted by molar-refractivity contribution is -0.133. The molecule has 1 aromatic carbocycles. The van der Waals surface area contributed by atoms with E-state index in [0.717, 1.165) is 27.9 Å². The predicted molar refractivity (Wildman–Crippen MR) is 86.4 cm³/mol. The molecule has 0 spiro atoms. The number of aryl methyl sites for hydroxylation is 1. The fraction of sp³-hybridized carbons (Fsp3) is 0.308. The zero-order valence-corrected chi connectivity index (χ0v) is 13.9. The molecular weight excluding hydrogens is 389 g/mol. The predicted octanol–water partition coefficient (Wildman–Crippen LogP) is 3.00. The highest BCUT2D eigenvalue weighted by atomic mass is 127. The quantitative estimate of drug-likeness (QED) is 0.594. The second kappa shape index (κ2) is 7.07. The fourth-order valence-electron chi connectivity index (χ4n) is 1.76. The van der Waals surface area contributed by atoms with Crippen LogP contribution in [0.2, 0.25) is 0 Å². The van der Waals surface area contributed by atoms with Crippen molar-refractivity contribution >= 4 is 40.3 Å². The van der Waals surface area contributed by atoms with Crippen molar-refractivity contribution in [1.82, 2.24) is 14.8 Å². The van der Waals surface area contributed by atoms with Crippen LogP contribution in [0.5, 0.6) is 0 Å². The molecule has 0 saturated heterocycles. The first-order valence-corrected chi connectivity index (χ1v) is 8.23. The largest absolute Gasteiger partial charge is 0.481 e. The van der Waals surface area contributed by atoms with E-state index in [1.54, 1.807) is 0 Å². The zero-order valence-electron chi connectivity index (χ0n) is 10.9. The summed E-state index contributed by atoms with van der Waals surface area (Å²) < 4.78 is 3.09. The van der Waals surface area contributed by atoms with Crippen LogP contribution in [0.3, 0.4) is 0 Å². The Morgan fingerprint density at radius 2 is 2.05 bits per heavy atom. The lowest BCUT2D eigenvalue weighted by atomic mass is 10.3. The number of carbonyl (C=O) groups is 1. The lowest BCUT2D eigenvalue weighted by Gasteiger charge is -2.09. The molecule has 1 aromatic heterocycles. The molecule has 0 radical (unpaired) electrons. The maximum Gasteiger partial charge on any atom is 0.313 e. The Balaban J connectivity index is 2.38. The summed E-state index contributed by atoms with van der Waals surface area (Å²) in [6.07, 6.45) is 1.78. The first-order valence-electron chi connectivity index (χ1n) is 6.16. The topological polar surface area (TPSA) is 68.0 Å². The molecule has 0 unspecified atom stereocenters. The zero-order chi connectivity index (χ0) is 14.5. The van der Waals surface area contributed by atoms with Gasteiger partial charge in [0.1, 0.15) is 5.82 Å². The summed E-state index contributed by atoms with van der Waals surface area (Å²) in [7, 11) is 0. The van der Waals surface area contributed by atoms with Crippen molar-refractivity contribution in [3.8, 4) is 5.69 Å². The van der Waals surface area contributed by atoms with Gasteiger partial charge >= 0.3 is 5.97 Å². The molecular formula is C13H14IN3O2S. The number of thioether (sulfide) groups is 1. The molecule has 0 aliphatic heterocycles. The number of nitrogens with zero attached hydrogens (tertiary/aromatic N) is 3. The lowest BCUT2D eigenvalue weighted by Crippen LogP contribution is -2.05. The number of rotatable bonds is 6. The summed E-state index contributed by atoms with van der Waals surface area (Å²) in [5, 5.41) is 17.7. The molecule has 0 aliphatic carbocycles. The standard InChI is InChI=1S/C13H14IN3O2S/c1-2-3-11-15-16-13(20-8-12(18)19)17(11)10-6-4-9(14)5-7-10/h4-7H,2-3,8H2,1H3,(H,18,19). The second-order valence-corrected chi connectivity index (χ2v) is 6.33. The van der Waals surface area contributed by atoms with Gasteiger partial charge < -0.3 is 5.11 Å². The van der Waals surface area contributed by atoms with Crippen molar-refractivity contribution in [1.29, 1.82) is 0 Å². The molecule has 20 heavy (non-hydrogen) atoms. The second-order valence-electron chi connectivity index (χ2n) is 4.14. The minimum Gasteiger partial charge on any atom is -0.481 e. The van der Waals surface area contributed by atoms with E-state index in [0.29, 0.717) is 5.16 Å². The fourth-order valence-corrected chi connectivity index (χ4v) is 2.81. The number of halogens is 1. The van der Waals surface area contributed by atoms with Gasteiger partial charge in [0.05, 0.1) is 5.75 Å². The summed E-state index contributed by atoms with van der Waals surface area (Å²) in [5.41, 5.74) is 0.965. The van der Waals surface area contributed by atoms with Crippen molar-refractivity contribution in [2.24, 2.45) is 0 Å². The molecule has 0 atom stereocenters. The van der Waals surface area contributed by atoms with Gasteiger partial charge in [0, 0.05) is 15.7 Å². The summed E-state index contributed by atoms with van der Waals surface area (Å²) in [5.74, 6) is -0.0139. The van der Waals surface area contributed by atoms with Gasteiger partial charge in [-0.2, -0.15) is 0 Å². The molecule has 1 N–H and O–H groups in total. The summed E-state index contributed by atoms with van der Waals surface area (Å²) in [6, 6.07) is 8.01. The van der Waals surface area contributed by atoms with Crippen LogP contribution in [0.4, 0.5) is 0 Å². The third kappa shape index (κ3) is 3.72. The van der Waals surface area contributed by atoms with E-state index in [4.69, 9.17) is 5.11 Å². The minimum absolute atomic E-state index is 0.0192. The smallest absolute Gasteiger partial charge is 0.313 e. The maximum atomic E-state index is 10.7. The Kier molecular flexibility index (Phi) is 5.41. The van der Waals surface area contributed by atoms with Crippen molar-refractivity contribution in [3.05, 3.63) is 33.7 Å². The number of hydrogen-bond donors (Lipinski definition) is 1. The third-order valence-corrected chi connectivity index (χ3v) is 4.22. The van der Waals surface area contributed by atoms with E-state index < -0.39 is 5.97 Å². The normalized spacial score (nSPS) is 10.7. The molecule has 2 aromatic rings. The molecule has 106 valence electrons. The van der Waals surface area contributed by atoms with Gasteiger partial charge in [0.2, 0.25) is 0 Å². The van der Waals surface area contributed by atoms with Crippen molar-refractivity contribution in [2.45, 2.75) is 24.9 Å². The van der Waals surface area contributed by atoms with Gasteiger partial charge in [-0.3, -0.25) is 9.36 Å². The Morgan fingerprint density at radius 3 is 2.65 bits per heavy atom. The van der Waals surface area contributed by atoms with Crippen LogP contribution < -0.4 is 0 Å². The molecule has 0 aliphatic rings. The van der Waals surface area contributed by atoms with Crippen LogP contribution in [-0.2, 0) is 11.2 Å². The van der Waals surface area contributed by atoms with Gasteiger partial charge in [-0.25, -0.2) is 0 Å². The van der Waals surface area contributed by atoms with E-state index in [9.17, 15) is 4.79 Å². The van der Waals surface area contributed by atoms with Gasteiger partial charge in [-0.1, -0.05) is 18.7 Å². The monoisotopic (exact) mass is 403 g/mol. The van der Waals surface area contributed by atoms with E-state index in [1.807, 2.05) is 28.8 Å². The average molecular weight is 403 g/mol. The Hall–Kier alpha value is -1.09. The molecule has 1 heterocycles. The summed E-state index contributed by atoms with van der Waals surface area (Å²) in [6.45, 7) is 2.08. The summed E-state index contributed by atoms with van der Waals surface area (Å²) in [4.78, 5) is 10.7.